The second kappa shape index (κ2) is 5.18. The van der Waals surface area contributed by atoms with Gasteiger partial charge in [0.2, 0.25) is 5.91 Å². The van der Waals surface area contributed by atoms with Crippen LogP contribution in [-0.2, 0) is 4.79 Å². The normalized spacial score (nSPS) is 13.8. The minimum atomic E-state index is -0.0303. The van der Waals surface area contributed by atoms with Crippen LogP contribution in [0.3, 0.4) is 0 Å². The summed E-state index contributed by atoms with van der Waals surface area (Å²) in [5.41, 5.74) is 2.52. The van der Waals surface area contributed by atoms with Gasteiger partial charge >= 0.3 is 0 Å². The molecule has 0 radical (unpaired) electrons. The minimum absolute atomic E-state index is 0.0303. The summed E-state index contributed by atoms with van der Waals surface area (Å²) in [7, 11) is 3.18. The molecule has 0 aliphatic carbocycles. The van der Waals surface area contributed by atoms with Crippen LogP contribution in [0.25, 0.3) is 11.8 Å². The van der Waals surface area contributed by atoms with Gasteiger partial charge in [0.05, 0.1) is 14.2 Å². The summed E-state index contributed by atoms with van der Waals surface area (Å²) in [6, 6.07) is 3.74. The van der Waals surface area contributed by atoms with Crippen molar-refractivity contribution in [1.29, 1.82) is 0 Å². The van der Waals surface area contributed by atoms with Crippen LogP contribution < -0.4 is 9.47 Å². The molecule has 0 unspecified atom stereocenters. The average Bonchev–Trinajstić information content (AvgIpc) is 2.56. The van der Waals surface area contributed by atoms with Crippen LogP contribution in [-0.4, -0.2) is 31.6 Å². The molecule has 0 fully saturated rings. The van der Waals surface area contributed by atoms with E-state index in [0.717, 1.165) is 11.1 Å². The van der Waals surface area contributed by atoms with E-state index < -0.39 is 0 Å². The Kier molecular flexibility index (Phi) is 3.60. The van der Waals surface area contributed by atoms with Crippen molar-refractivity contribution in [1.82, 2.24) is 4.90 Å². The number of methoxy groups -OCH3 is 2. The summed E-state index contributed by atoms with van der Waals surface area (Å²) in [5, 5.41) is 0. The molecular formula is C15H17NO3. The van der Waals surface area contributed by atoms with Gasteiger partial charge in [-0.2, -0.15) is 0 Å². The lowest BCUT2D eigenvalue weighted by Gasteiger charge is -2.22. The maximum atomic E-state index is 11.6. The number of benzene rings is 1. The fourth-order valence-corrected chi connectivity index (χ4v) is 2.14. The van der Waals surface area contributed by atoms with Crippen molar-refractivity contribution in [3.8, 4) is 11.5 Å². The van der Waals surface area contributed by atoms with Gasteiger partial charge in [-0.25, -0.2) is 0 Å². The van der Waals surface area contributed by atoms with E-state index in [0.29, 0.717) is 23.7 Å². The van der Waals surface area contributed by atoms with Crippen molar-refractivity contribution in [2.24, 2.45) is 0 Å². The average molecular weight is 259 g/mol. The number of amides is 1. The smallest absolute Gasteiger partial charge is 0.224 e. The maximum Gasteiger partial charge on any atom is 0.224 e. The molecule has 19 heavy (non-hydrogen) atoms. The Bertz CT molecular complexity index is 561. The van der Waals surface area contributed by atoms with Gasteiger partial charge in [-0.1, -0.05) is 18.7 Å². The summed E-state index contributed by atoms with van der Waals surface area (Å²) in [4.78, 5) is 13.3. The molecule has 1 aliphatic rings. The molecule has 0 spiro atoms. The van der Waals surface area contributed by atoms with E-state index in [4.69, 9.17) is 9.47 Å². The lowest BCUT2D eigenvalue weighted by atomic mass is 10.0. The first kappa shape index (κ1) is 13.2. The molecule has 0 N–H and O–H groups in total. The highest BCUT2D eigenvalue weighted by molar-refractivity contribution is 5.88. The van der Waals surface area contributed by atoms with E-state index >= 15 is 0 Å². The summed E-state index contributed by atoms with van der Waals surface area (Å²) in [6.07, 6.45) is 3.90. The molecule has 0 atom stereocenters. The molecule has 4 nitrogen and oxygen atoms in total. The van der Waals surface area contributed by atoms with Crippen LogP contribution in [0.15, 0.2) is 24.8 Å². The Morgan fingerprint density at radius 3 is 2.47 bits per heavy atom. The van der Waals surface area contributed by atoms with E-state index in [9.17, 15) is 4.79 Å². The van der Waals surface area contributed by atoms with Crippen LogP contribution in [0.4, 0.5) is 0 Å². The Morgan fingerprint density at radius 2 is 1.89 bits per heavy atom. The van der Waals surface area contributed by atoms with Crippen LogP contribution in [0, 0.1) is 0 Å². The van der Waals surface area contributed by atoms with Crippen molar-refractivity contribution in [2.75, 3.05) is 20.8 Å². The third-order valence-corrected chi connectivity index (χ3v) is 3.16. The molecule has 0 saturated carbocycles. The molecule has 1 aromatic carbocycles. The third kappa shape index (κ3) is 2.34. The number of fused-ring (bicyclic) bond motifs is 1. The van der Waals surface area contributed by atoms with E-state index in [1.165, 1.54) is 6.92 Å². The number of hydrogen-bond acceptors (Lipinski definition) is 3. The van der Waals surface area contributed by atoms with Crippen LogP contribution in [0.5, 0.6) is 11.5 Å². The number of rotatable bonds is 2. The Balaban J connectivity index is 2.57. The molecule has 1 aromatic rings. The fourth-order valence-electron chi connectivity index (χ4n) is 2.14. The van der Waals surface area contributed by atoms with Gasteiger partial charge in [-0.3, -0.25) is 4.79 Å². The summed E-state index contributed by atoms with van der Waals surface area (Å²) in [5.74, 6) is 1.26. The number of carbonyl (C=O) groups excluding carboxylic acids is 1. The number of nitrogens with zero attached hydrogens (tertiary/aromatic N) is 1. The first-order valence-electron chi connectivity index (χ1n) is 5.98. The molecule has 4 heteroatoms. The quantitative estimate of drug-likeness (QED) is 0.819. The van der Waals surface area contributed by atoms with Crippen LogP contribution >= 0.6 is 0 Å². The second-order valence-corrected chi connectivity index (χ2v) is 4.27. The Hall–Kier alpha value is -2.23. The Labute approximate surface area is 112 Å². The molecule has 0 bridgehead atoms. The summed E-state index contributed by atoms with van der Waals surface area (Å²) < 4.78 is 10.6. The van der Waals surface area contributed by atoms with Gasteiger partial charge in [0.1, 0.15) is 0 Å². The van der Waals surface area contributed by atoms with Crippen molar-refractivity contribution >= 4 is 17.7 Å². The number of carbonyl (C=O) groups is 1. The highest BCUT2D eigenvalue weighted by Crippen LogP contribution is 2.36. The van der Waals surface area contributed by atoms with E-state index in [2.05, 4.69) is 6.58 Å². The first-order valence-corrected chi connectivity index (χ1v) is 5.98. The lowest BCUT2D eigenvalue weighted by Crippen LogP contribution is -2.26. The van der Waals surface area contributed by atoms with Gasteiger partial charge in [-0.05, 0) is 17.7 Å². The maximum absolute atomic E-state index is 11.6. The predicted octanol–water partition coefficient (Wildman–Crippen LogP) is 2.55. The minimum Gasteiger partial charge on any atom is -0.493 e. The van der Waals surface area contributed by atoms with Crippen molar-refractivity contribution < 1.29 is 14.3 Å². The highest BCUT2D eigenvalue weighted by atomic mass is 16.5. The molecule has 1 aliphatic heterocycles. The predicted molar refractivity (Wildman–Crippen MR) is 75.0 cm³/mol. The molecular weight excluding hydrogens is 242 g/mol. The number of ether oxygens (including phenoxy) is 2. The van der Waals surface area contributed by atoms with E-state index in [1.807, 2.05) is 24.3 Å². The molecule has 1 amide bonds. The molecule has 100 valence electrons. The van der Waals surface area contributed by atoms with Crippen LogP contribution in [0.1, 0.15) is 18.1 Å². The zero-order valence-corrected chi connectivity index (χ0v) is 11.4. The van der Waals surface area contributed by atoms with E-state index in [1.54, 1.807) is 19.1 Å². The molecule has 1 heterocycles. The Morgan fingerprint density at radius 1 is 1.26 bits per heavy atom. The largest absolute Gasteiger partial charge is 0.493 e. The first-order chi connectivity index (χ1) is 9.08. The topological polar surface area (TPSA) is 38.8 Å². The van der Waals surface area contributed by atoms with Crippen LogP contribution in [0.2, 0.25) is 0 Å². The monoisotopic (exact) mass is 259 g/mol. The van der Waals surface area contributed by atoms with Gasteiger partial charge in [0, 0.05) is 24.7 Å². The summed E-state index contributed by atoms with van der Waals surface area (Å²) >= 11 is 0. The van der Waals surface area contributed by atoms with Crippen molar-refractivity contribution in [2.45, 2.75) is 6.92 Å². The van der Waals surface area contributed by atoms with Gasteiger partial charge in [0.25, 0.3) is 0 Å². The van der Waals surface area contributed by atoms with Crippen molar-refractivity contribution in [3.63, 3.8) is 0 Å². The van der Waals surface area contributed by atoms with Gasteiger partial charge in [0.15, 0.2) is 11.5 Å². The van der Waals surface area contributed by atoms with Crippen molar-refractivity contribution in [3.05, 3.63) is 35.9 Å². The van der Waals surface area contributed by atoms with Gasteiger partial charge in [-0.15, -0.1) is 0 Å². The molecule has 0 saturated heterocycles. The number of hydrogen-bond donors (Lipinski definition) is 0. The standard InChI is InChI=1S/C15H17NO3/c1-10-13-9-15(19-4)14(18-3)8-12(13)6-5-7-16(10)11(2)17/h5-6,8-9H,1,7H2,2-4H3. The van der Waals surface area contributed by atoms with E-state index in [-0.39, 0.29) is 5.91 Å². The molecule has 2 rings (SSSR count). The SMILES string of the molecule is C=C1c2cc(OC)c(OC)cc2C=CCN1C(C)=O. The summed E-state index contributed by atoms with van der Waals surface area (Å²) in [6.45, 7) is 6.07. The van der Waals surface area contributed by atoms with Gasteiger partial charge < -0.3 is 14.4 Å². The lowest BCUT2D eigenvalue weighted by molar-refractivity contribution is -0.125. The molecule has 0 aromatic heterocycles. The third-order valence-electron chi connectivity index (χ3n) is 3.16. The highest BCUT2D eigenvalue weighted by Gasteiger charge is 2.20. The zero-order chi connectivity index (χ0) is 14.0. The fraction of sp³-hybridized carbons (Fsp3) is 0.267. The second-order valence-electron chi connectivity index (χ2n) is 4.27. The zero-order valence-electron chi connectivity index (χ0n) is 11.4.